The van der Waals surface area contributed by atoms with Gasteiger partial charge in [-0.15, -0.1) is 0 Å². The predicted molar refractivity (Wildman–Crippen MR) is 164 cm³/mol. The number of esters is 2. The molecule has 2 atom stereocenters. The molecule has 0 saturated carbocycles. The fraction of sp³-hybridized carbons (Fsp3) is 0.606. The summed E-state index contributed by atoms with van der Waals surface area (Å²) in [7, 11) is 5.44. The van der Waals surface area contributed by atoms with Crippen molar-refractivity contribution in [2.24, 2.45) is 0 Å². The zero-order valence-corrected chi connectivity index (χ0v) is 26.0. The van der Waals surface area contributed by atoms with Gasteiger partial charge in [-0.1, -0.05) is 74.6 Å². The molecule has 232 valence electrons. The van der Waals surface area contributed by atoms with Crippen molar-refractivity contribution in [3.05, 3.63) is 60.8 Å². The summed E-state index contributed by atoms with van der Waals surface area (Å²) in [5.41, 5.74) is 0. The predicted octanol–water partition coefficient (Wildman–Crippen LogP) is 6.34. The minimum Gasteiger partial charge on any atom is -0.477 e. The lowest BCUT2D eigenvalue weighted by Gasteiger charge is -2.31. The Balaban J connectivity index is 4.28. The molecular weight excluding hydrogens is 522 g/mol. The average Bonchev–Trinajstić information content (AvgIpc) is 2.91. The third kappa shape index (κ3) is 23.4. The standard InChI is InChI=1S/C33H53NO7/c1-6-8-9-10-11-12-13-14-15-16-17-18-19-20-21-22-23-24-32(36)41-29(28-40-31(35)7-2)27-39-26-25-30(33(37)38)34(3,4)5/h8-9,11-12,14-15,17-18,20-21,29-30H,6-7,10,13,16,19,22-28H2,1-5H3/p+1/b9-8-,12-11-,15-14-,18-17-,21-20-. The van der Waals surface area contributed by atoms with Crippen LogP contribution in [0.5, 0.6) is 0 Å². The number of quaternary nitrogens is 1. The molecule has 0 fully saturated rings. The lowest BCUT2D eigenvalue weighted by Crippen LogP contribution is -2.50. The molecule has 0 aliphatic heterocycles. The molecule has 0 bridgehead atoms. The molecule has 0 aromatic heterocycles. The van der Waals surface area contributed by atoms with Crippen molar-refractivity contribution in [2.75, 3.05) is 41.0 Å². The van der Waals surface area contributed by atoms with Crippen molar-refractivity contribution in [1.29, 1.82) is 0 Å². The number of ether oxygens (including phenoxy) is 3. The largest absolute Gasteiger partial charge is 0.477 e. The van der Waals surface area contributed by atoms with Crippen LogP contribution in [-0.2, 0) is 28.6 Å². The number of carbonyl (C=O) groups excluding carboxylic acids is 2. The fourth-order valence-electron chi connectivity index (χ4n) is 3.63. The number of hydrogen-bond acceptors (Lipinski definition) is 6. The number of allylic oxidation sites excluding steroid dienone is 10. The molecular formula is C33H54NO7+. The number of carboxylic acids is 1. The summed E-state index contributed by atoms with van der Waals surface area (Å²) in [6, 6.07) is -0.620. The topological polar surface area (TPSA) is 99.1 Å². The molecule has 0 amide bonds. The van der Waals surface area contributed by atoms with E-state index in [-0.39, 0.29) is 49.1 Å². The van der Waals surface area contributed by atoms with E-state index < -0.39 is 18.1 Å². The van der Waals surface area contributed by atoms with Crippen LogP contribution >= 0.6 is 0 Å². The summed E-state index contributed by atoms with van der Waals surface area (Å²) in [6.07, 6.45) is 27.7. The zero-order chi connectivity index (χ0) is 30.8. The summed E-state index contributed by atoms with van der Waals surface area (Å²) in [6.45, 7) is 3.94. The zero-order valence-electron chi connectivity index (χ0n) is 26.0. The quantitative estimate of drug-likeness (QED) is 0.0620. The number of carboxylic acid groups (broad SMARTS) is 1. The molecule has 0 aromatic rings. The molecule has 8 nitrogen and oxygen atoms in total. The second kappa shape index (κ2) is 24.8. The molecule has 0 radical (unpaired) electrons. The fourth-order valence-corrected chi connectivity index (χ4v) is 3.63. The van der Waals surface area contributed by atoms with Crippen molar-refractivity contribution >= 4 is 17.9 Å². The number of rotatable bonds is 24. The first-order valence-corrected chi connectivity index (χ1v) is 14.8. The van der Waals surface area contributed by atoms with Crippen molar-refractivity contribution in [2.45, 2.75) is 90.2 Å². The molecule has 2 unspecified atom stereocenters. The van der Waals surface area contributed by atoms with E-state index >= 15 is 0 Å². The van der Waals surface area contributed by atoms with Crippen LogP contribution in [-0.4, -0.2) is 80.6 Å². The van der Waals surface area contributed by atoms with Crippen molar-refractivity contribution in [3.8, 4) is 0 Å². The van der Waals surface area contributed by atoms with Gasteiger partial charge in [-0.2, -0.15) is 0 Å². The summed E-state index contributed by atoms with van der Waals surface area (Å²) >= 11 is 0. The normalized spacial score (nSPS) is 14.1. The first-order chi connectivity index (χ1) is 19.6. The van der Waals surface area contributed by atoms with Crippen LogP contribution in [0, 0.1) is 0 Å². The lowest BCUT2D eigenvalue weighted by molar-refractivity contribution is -0.887. The minimum absolute atomic E-state index is 0.0288. The molecule has 0 saturated heterocycles. The number of carbonyl (C=O) groups is 3. The highest BCUT2D eigenvalue weighted by Gasteiger charge is 2.31. The van der Waals surface area contributed by atoms with Crippen LogP contribution in [0.2, 0.25) is 0 Å². The van der Waals surface area contributed by atoms with Crippen molar-refractivity contribution < 1.29 is 38.2 Å². The SMILES string of the molecule is CC/C=C\C/C=C\C/C=C\C/C=C\C/C=C\CCCC(=O)OC(COCCC(C(=O)O)[N+](C)(C)C)COC(=O)CC. The van der Waals surface area contributed by atoms with E-state index in [0.29, 0.717) is 12.8 Å². The van der Waals surface area contributed by atoms with Crippen LogP contribution in [0.3, 0.4) is 0 Å². The van der Waals surface area contributed by atoms with Gasteiger partial charge in [0.15, 0.2) is 12.1 Å². The Bertz CT molecular complexity index is 865. The van der Waals surface area contributed by atoms with Gasteiger partial charge in [-0.25, -0.2) is 4.79 Å². The smallest absolute Gasteiger partial charge is 0.362 e. The molecule has 0 heterocycles. The maximum Gasteiger partial charge on any atom is 0.362 e. The third-order valence-electron chi connectivity index (χ3n) is 5.99. The molecule has 0 aromatic carbocycles. The maximum absolute atomic E-state index is 12.3. The maximum atomic E-state index is 12.3. The second-order valence-corrected chi connectivity index (χ2v) is 10.6. The van der Waals surface area contributed by atoms with Gasteiger partial charge < -0.3 is 23.8 Å². The average molecular weight is 577 g/mol. The minimum atomic E-state index is -0.895. The highest BCUT2D eigenvalue weighted by Crippen LogP contribution is 2.10. The van der Waals surface area contributed by atoms with Crippen LogP contribution in [0.25, 0.3) is 0 Å². The van der Waals surface area contributed by atoms with Crippen molar-refractivity contribution in [3.63, 3.8) is 0 Å². The molecule has 41 heavy (non-hydrogen) atoms. The van der Waals surface area contributed by atoms with E-state index in [0.717, 1.165) is 38.5 Å². The number of hydrogen-bond donors (Lipinski definition) is 1. The van der Waals surface area contributed by atoms with Gasteiger partial charge in [-0.05, 0) is 44.9 Å². The van der Waals surface area contributed by atoms with Gasteiger partial charge in [0.1, 0.15) is 6.61 Å². The Morgan fingerprint density at radius 1 is 0.756 bits per heavy atom. The van der Waals surface area contributed by atoms with E-state index in [4.69, 9.17) is 14.2 Å². The van der Waals surface area contributed by atoms with Crippen molar-refractivity contribution in [1.82, 2.24) is 0 Å². The van der Waals surface area contributed by atoms with E-state index in [9.17, 15) is 19.5 Å². The Labute approximate surface area is 248 Å². The lowest BCUT2D eigenvalue weighted by atomic mass is 10.1. The van der Waals surface area contributed by atoms with Gasteiger partial charge in [0.25, 0.3) is 0 Å². The Kier molecular flexibility index (Phi) is 23.0. The molecule has 0 spiro atoms. The van der Waals surface area contributed by atoms with Crippen LogP contribution in [0.4, 0.5) is 0 Å². The first-order valence-electron chi connectivity index (χ1n) is 14.8. The Morgan fingerprint density at radius 2 is 1.29 bits per heavy atom. The first kappa shape index (κ1) is 38.0. The van der Waals surface area contributed by atoms with Gasteiger partial charge in [0.2, 0.25) is 0 Å². The van der Waals surface area contributed by atoms with Crippen LogP contribution in [0.15, 0.2) is 60.8 Å². The van der Waals surface area contributed by atoms with Crippen LogP contribution < -0.4 is 0 Å². The van der Waals surface area contributed by atoms with Gasteiger partial charge in [0.05, 0.1) is 34.4 Å². The second-order valence-electron chi connectivity index (χ2n) is 10.6. The van der Waals surface area contributed by atoms with Crippen LogP contribution in [0.1, 0.15) is 78.1 Å². The molecule has 0 aliphatic carbocycles. The van der Waals surface area contributed by atoms with E-state index in [1.54, 1.807) is 6.92 Å². The van der Waals surface area contributed by atoms with Gasteiger partial charge >= 0.3 is 17.9 Å². The number of unbranched alkanes of at least 4 members (excludes halogenated alkanes) is 1. The number of aliphatic carboxylic acids is 1. The molecule has 8 heteroatoms. The summed E-state index contributed by atoms with van der Waals surface area (Å²) in [4.78, 5) is 35.4. The van der Waals surface area contributed by atoms with Gasteiger partial charge in [-0.3, -0.25) is 9.59 Å². The summed E-state index contributed by atoms with van der Waals surface area (Å²) in [5, 5.41) is 9.44. The monoisotopic (exact) mass is 576 g/mol. The number of likely N-dealkylation sites (N-methyl/N-ethyl adjacent to an activating group) is 1. The Hall–Kier alpha value is -2.97. The highest BCUT2D eigenvalue weighted by molar-refractivity contribution is 5.72. The Morgan fingerprint density at radius 3 is 1.78 bits per heavy atom. The number of nitrogens with zero attached hydrogens (tertiary/aromatic N) is 1. The van der Waals surface area contributed by atoms with E-state index in [1.165, 1.54) is 0 Å². The highest BCUT2D eigenvalue weighted by atomic mass is 16.6. The van der Waals surface area contributed by atoms with E-state index in [1.807, 2.05) is 21.1 Å². The molecule has 0 rings (SSSR count). The summed E-state index contributed by atoms with van der Waals surface area (Å²) in [5.74, 6) is -1.66. The molecule has 0 aliphatic rings. The summed E-state index contributed by atoms with van der Waals surface area (Å²) < 4.78 is 16.5. The van der Waals surface area contributed by atoms with E-state index in [2.05, 4.69) is 67.7 Å². The van der Waals surface area contributed by atoms with Gasteiger partial charge in [0, 0.05) is 19.3 Å². The molecule has 1 N–H and O–H groups in total. The third-order valence-corrected chi connectivity index (χ3v) is 5.99.